The van der Waals surface area contributed by atoms with Crippen LogP contribution in [0.3, 0.4) is 0 Å². The molecule has 0 saturated heterocycles. The summed E-state index contributed by atoms with van der Waals surface area (Å²) in [7, 11) is -3.25. The minimum atomic E-state index is -3.25. The predicted octanol–water partition coefficient (Wildman–Crippen LogP) is 1.56. The van der Waals surface area contributed by atoms with Gasteiger partial charge in [-0.05, 0) is 19.8 Å². The first-order valence-corrected chi connectivity index (χ1v) is 6.80. The molecule has 0 spiro atoms. The monoisotopic (exact) mass is 224 g/mol. The lowest BCUT2D eigenvalue weighted by Gasteiger charge is -2.02. The molecule has 0 fully saturated rings. The van der Waals surface area contributed by atoms with Crippen LogP contribution in [0.1, 0.15) is 32.6 Å². The van der Waals surface area contributed by atoms with E-state index in [2.05, 4.69) is 4.18 Å². The smallest absolute Gasteiger partial charge is 0.264 e. The van der Waals surface area contributed by atoms with Gasteiger partial charge in [-0.25, -0.2) is 0 Å². The Morgan fingerprint density at radius 2 is 1.57 bits per heavy atom. The van der Waals surface area contributed by atoms with Gasteiger partial charge in [-0.1, -0.05) is 12.8 Å². The Labute approximate surface area is 86.7 Å². The minimum Gasteiger partial charge on any atom is -0.382 e. The fourth-order valence-corrected chi connectivity index (χ4v) is 1.43. The second kappa shape index (κ2) is 8.20. The maximum absolute atomic E-state index is 10.6. The molecule has 0 aliphatic carbocycles. The Morgan fingerprint density at radius 3 is 2.07 bits per heavy atom. The van der Waals surface area contributed by atoms with E-state index in [1.165, 1.54) is 0 Å². The Bertz CT molecular complexity index is 211. The zero-order valence-electron chi connectivity index (χ0n) is 8.99. The van der Waals surface area contributed by atoms with Crippen LogP contribution in [0, 0.1) is 0 Å². The molecular weight excluding hydrogens is 204 g/mol. The van der Waals surface area contributed by atoms with Crippen LogP contribution < -0.4 is 0 Å². The van der Waals surface area contributed by atoms with Crippen molar-refractivity contribution in [1.29, 1.82) is 0 Å². The third-order valence-electron chi connectivity index (χ3n) is 1.68. The van der Waals surface area contributed by atoms with Gasteiger partial charge in [0.25, 0.3) is 10.1 Å². The van der Waals surface area contributed by atoms with Crippen molar-refractivity contribution >= 4 is 10.1 Å². The van der Waals surface area contributed by atoms with Gasteiger partial charge in [0.05, 0.1) is 12.9 Å². The molecule has 5 heteroatoms. The molecule has 0 radical (unpaired) electrons. The van der Waals surface area contributed by atoms with Crippen LogP contribution in [0.15, 0.2) is 0 Å². The third-order valence-corrected chi connectivity index (χ3v) is 2.28. The Morgan fingerprint density at radius 1 is 1.00 bits per heavy atom. The zero-order valence-corrected chi connectivity index (χ0v) is 9.81. The van der Waals surface area contributed by atoms with Crippen molar-refractivity contribution in [2.75, 3.05) is 26.1 Å². The number of unbranched alkanes of at least 4 members (excludes halogenated alkanes) is 3. The third kappa shape index (κ3) is 11.9. The van der Waals surface area contributed by atoms with E-state index < -0.39 is 10.1 Å². The molecule has 0 aromatic rings. The van der Waals surface area contributed by atoms with E-state index in [9.17, 15) is 8.42 Å². The fraction of sp³-hybridized carbons (Fsp3) is 1.00. The van der Waals surface area contributed by atoms with Crippen molar-refractivity contribution in [2.45, 2.75) is 32.6 Å². The van der Waals surface area contributed by atoms with Crippen LogP contribution in [0.2, 0.25) is 0 Å². The van der Waals surface area contributed by atoms with Crippen LogP contribution in [-0.4, -0.2) is 34.5 Å². The number of rotatable bonds is 9. The Hall–Kier alpha value is -0.130. The van der Waals surface area contributed by atoms with Gasteiger partial charge >= 0.3 is 0 Å². The van der Waals surface area contributed by atoms with Crippen molar-refractivity contribution in [3.63, 3.8) is 0 Å². The topological polar surface area (TPSA) is 52.6 Å². The molecule has 0 atom stereocenters. The summed E-state index contributed by atoms with van der Waals surface area (Å²) in [6.07, 6.45) is 4.95. The van der Waals surface area contributed by atoms with E-state index in [1.54, 1.807) is 0 Å². The molecule has 0 unspecified atom stereocenters. The molecule has 0 aromatic carbocycles. The van der Waals surface area contributed by atoms with Crippen molar-refractivity contribution in [2.24, 2.45) is 0 Å². The van der Waals surface area contributed by atoms with Gasteiger partial charge in [0.1, 0.15) is 0 Å². The van der Waals surface area contributed by atoms with Crippen molar-refractivity contribution in [3.8, 4) is 0 Å². The Balaban J connectivity index is 3.07. The highest BCUT2D eigenvalue weighted by molar-refractivity contribution is 7.85. The van der Waals surface area contributed by atoms with E-state index >= 15 is 0 Å². The number of ether oxygens (including phenoxy) is 1. The zero-order chi connectivity index (χ0) is 10.9. The normalized spacial score (nSPS) is 11.9. The summed E-state index contributed by atoms with van der Waals surface area (Å²) >= 11 is 0. The lowest BCUT2D eigenvalue weighted by Crippen LogP contribution is -2.04. The maximum Gasteiger partial charge on any atom is 0.264 e. The van der Waals surface area contributed by atoms with Gasteiger partial charge in [0, 0.05) is 13.2 Å². The lowest BCUT2D eigenvalue weighted by molar-refractivity contribution is 0.142. The van der Waals surface area contributed by atoms with Crippen LogP contribution in [0.25, 0.3) is 0 Å². The molecule has 0 aliphatic rings. The van der Waals surface area contributed by atoms with Crippen LogP contribution >= 0.6 is 0 Å². The molecule has 0 heterocycles. The van der Waals surface area contributed by atoms with Gasteiger partial charge in [0.2, 0.25) is 0 Å². The van der Waals surface area contributed by atoms with E-state index in [-0.39, 0.29) is 0 Å². The van der Waals surface area contributed by atoms with Crippen LogP contribution in [0.5, 0.6) is 0 Å². The molecule has 4 nitrogen and oxygen atoms in total. The summed E-state index contributed by atoms with van der Waals surface area (Å²) in [5.41, 5.74) is 0. The first-order chi connectivity index (χ1) is 6.56. The van der Waals surface area contributed by atoms with Gasteiger partial charge < -0.3 is 4.74 Å². The largest absolute Gasteiger partial charge is 0.382 e. The highest BCUT2D eigenvalue weighted by Gasteiger charge is 1.99. The Kier molecular flexibility index (Phi) is 8.12. The molecule has 0 aliphatic heterocycles. The van der Waals surface area contributed by atoms with E-state index in [0.717, 1.165) is 45.2 Å². The fourth-order valence-electron chi connectivity index (χ4n) is 1.01. The predicted molar refractivity (Wildman–Crippen MR) is 55.8 cm³/mol. The molecule has 0 saturated carbocycles. The molecule has 0 aromatic heterocycles. The van der Waals surface area contributed by atoms with Crippen molar-refractivity contribution in [3.05, 3.63) is 0 Å². The van der Waals surface area contributed by atoms with Crippen LogP contribution in [0.4, 0.5) is 0 Å². The summed E-state index contributed by atoms with van der Waals surface area (Å²) in [5.74, 6) is 0. The maximum atomic E-state index is 10.6. The second-order valence-corrected chi connectivity index (χ2v) is 4.78. The number of hydrogen-bond acceptors (Lipinski definition) is 4. The van der Waals surface area contributed by atoms with Gasteiger partial charge in [-0.15, -0.1) is 0 Å². The number of hydrogen-bond donors (Lipinski definition) is 0. The quantitative estimate of drug-likeness (QED) is 0.440. The van der Waals surface area contributed by atoms with E-state index in [4.69, 9.17) is 4.74 Å². The molecule has 0 amide bonds. The summed E-state index contributed by atoms with van der Waals surface area (Å²) < 4.78 is 30.9. The first-order valence-electron chi connectivity index (χ1n) is 4.98. The highest BCUT2D eigenvalue weighted by atomic mass is 32.2. The average molecular weight is 224 g/mol. The van der Waals surface area contributed by atoms with Crippen molar-refractivity contribution < 1.29 is 17.3 Å². The first kappa shape index (κ1) is 13.9. The summed E-state index contributed by atoms with van der Waals surface area (Å²) in [6, 6.07) is 0. The van der Waals surface area contributed by atoms with Gasteiger partial charge in [-0.2, -0.15) is 8.42 Å². The summed E-state index contributed by atoms with van der Waals surface area (Å²) in [6.45, 7) is 3.83. The molecule has 14 heavy (non-hydrogen) atoms. The van der Waals surface area contributed by atoms with Gasteiger partial charge in [-0.3, -0.25) is 4.18 Å². The standard InChI is InChI=1S/C9H20O4S/c1-3-12-8-6-4-5-7-9-13-14(2,10)11/h3-9H2,1-2H3. The second-order valence-electron chi connectivity index (χ2n) is 3.14. The average Bonchev–Trinajstić information content (AvgIpc) is 2.08. The lowest BCUT2D eigenvalue weighted by atomic mass is 10.2. The van der Waals surface area contributed by atoms with E-state index in [0.29, 0.717) is 6.61 Å². The van der Waals surface area contributed by atoms with Crippen LogP contribution in [-0.2, 0) is 19.0 Å². The molecule has 86 valence electrons. The molecule has 0 N–H and O–H groups in total. The minimum absolute atomic E-state index is 0.299. The van der Waals surface area contributed by atoms with Crippen molar-refractivity contribution in [1.82, 2.24) is 0 Å². The molecular formula is C9H20O4S. The molecule has 0 rings (SSSR count). The van der Waals surface area contributed by atoms with E-state index in [1.807, 2.05) is 6.92 Å². The summed E-state index contributed by atoms with van der Waals surface area (Å²) in [4.78, 5) is 0. The van der Waals surface area contributed by atoms with Gasteiger partial charge in [0.15, 0.2) is 0 Å². The summed E-state index contributed by atoms with van der Waals surface area (Å²) in [5, 5.41) is 0. The highest BCUT2D eigenvalue weighted by Crippen LogP contribution is 2.01. The SMILES string of the molecule is CCOCCCCCCOS(C)(=O)=O. The molecule has 0 bridgehead atoms.